The molecule has 0 saturated carbocycles. The van der Waals surface area contributed by atoms with Gasteiger partial charge in [0.2, 0.25) is 0 Å². The number of unbranched alkanes of at least 4 members (excludes halogenated alkanes) is 2. The summed E-state index contributed by atoms with van der Waals surface area (Å²) >= 11 is 0. The van der Waals surface area contributed by atoms with Crippen molar-refractivity contribution >= 4 is 29.6 Å². The van der Waals surface area contributed by atoms with E-state index >= 15 is 0 Å². The van der Waals surface area contributed by atoms with Gasteiger partial charge in [0.05, 0.1) is 0 Å². The van der Waals surface area contributed by atoms with E-state index in [-0.39, 0.29) is 5.57 Å². The maximum absolute atomic E-state index is 12.8. The Labute approximate surface area is 161 Å². The number of carbonyl (C=O) groups excluding carboxylic acids is 3. The lowest BCUT2D eigenvalue weighted by Gasteiger charge is -2.34. The van der Waals surface area contributed by atoms with Crippen molar-refractivity contribution in [3.63, 3.8) is 0 Å². The van der Waals surface area contributed by atoms with Gasteiger partial charge < -0.3 is 4.90 Å². The van der Waals surface area contributed by atoms with Crippen LogP contribution in [-0.2, 0) is 9.59 Å². The van der Waals surface area contributed by atoms with Crippen LogP contribution in [0.25, 0.3) is 6.08 Å². The van der Waals surface area contributed by atoms with Crippen molar-refractivity contribution in [3.05, 3.63) is 35.4 Å². The first kappa shape index (κ1) is 20.7. The second kappa shape index (κ2) is 9.35. The molecule has 0 N–H and O–H groups in total. The van der Waals surface area contributed by atoms with E-state index in [9.17, 15) is 14.4 Å². The summed E-state index contributed by atoms with van der Waals surface area (Å²) in [4.78, 5) is 42.7. The van der Waals surface area contributed by atoms with Crippen LogP contribution in [0.15, 0.2) is 29.8 Å². The maximum Gasteiger partial charge on any atom is 0.333 e. The molecule has 1 aliphatic rings. The zero-order valence-corrected chi connectivity index (χ0v) is 16.7. The summed E-state index contributed by atoms with van der Waals surface area (Å²) in [6.45, 7) is 4.67. The van der Waals surface area contributed by atoms with Crippen LogP contribution in [0.3, 0.4) is 0 Å². The molecule has 4 amide bonds. The average Bonchev–Trinajstić information content (AvgIpc) is 2.65. The van der Waals surface area contributed by atoms with Gasteiger partial charge in [0, 0.05) is 32.9 Å². The second-order valence-electron chi connectivity index (χ2n) is 6.95. The van der Waals surface area contributed by atoms with Gasteiger partial charge in [0.25, 0.3) is 11.8 Å². The van der Waals surface area contributed by atoms with Crippen LogP contribution in [0, 0.1) is 0 Å². The topological polar surface area (TPSA) is 60.9 Å². The first-order valence-corrected chi connectivity index (χ1v) is 9.57. The Hall–Kier alpha value is -2.63. The molecule has 0 spiro atoms. The summed E-state index contributed by atoms with van der Waals surface area (Å²) in [6.07, 6.45) is 4.76. The molecule has 2 rings (SSSR count). The van der Waals surface area contributed by atoms with E-state index in [0.717, 1.165) is 36.9 Å². The number of nitrogens with zero attached hydrogens (tertiary/aromatic N) is 3. The smallest absolute Gasteiger partial charge is 0.333 e. The molecule has 1 aliphatic heterocycles. The quantitative estimate of drug-likeness (QED) is 0.518. The molecule has 6 heteroatoms. The van der Waals surface area contributed by atoms with Crippen LogP contribution < -0.4 is 4.90 Å². The van der Waals surface area contributed by atoms with E-state index in [4.69, 9.17) is 0 Å². The largest absolute Gasteiger partial charge is 0.378 e. The van der Waals surface area contributed by atoms with Gasteiger partial charge >= 0.3 is 6.03 Å². The predicted octanol–water partition coefficient (Wildman–Crippen LogP) is 3.53. The molecule has 0 bridgehead atoms. The van der Waals surface area contributed by atoms with E-state index in [1.54, 1.807) is 6.08 Å². The Morgan fingerprint density at radius 2 is 1.33 bits per heavy atom. The summed E-state index contributed by atoms with van der Waals surface area (Å²) in [6, 6.07) is 7.10. The van der Waals surface area contributed by atoms with E-state index in [1.165, 1.54) is 9.80 Å². The van der Waals surface area contributed by atoms with Gasteiger partial charge in [0.1, 0.15) is 5.57 Å². The molecule has 6 nitrogen and oxygen atoms in total. The SMILES string of the molecule is CCCCN1C(=O)C(=Cc2ccc(N(C)C)cc2)C(=O)N(CCCC)C1=O. The third-order valence-corrected chi connectivity index (χ3v) is 4.60. The highest BCUT2D eigenvalue weighted by atomic mass is 16.2. The number of barbiturate groups is 1. The van der Waals surface area contributed by atoms with Gasteiger partial charge in [-0.1, -0.05) is 38.8 Å². The van der Waals surface area contributed by atoms with Crippen LogP contribution in [0.1, 0.15) is 45.1 Å². The molecule has 0 atom stereocenters. The first-order chi connectivity index (χ1) is 12.9. The minimum atomic E-state index is -0.497. The molecular formula is C21H29N3O3. The molecule has 0 aromatic heterocycles. The van der Waals surface area contributed by atoms with Gasteiger partial charge in [-0.15, -0.1) is 0 Å². The van der Waals surface area contributed by atoms with E-state index < -0.39 is 17.8 Å². The fourth-order valence-electron chi connectivity index (χ4n) is 2.89. The molecule has 0 unspecified atom stereocenters. The molecule has 1 aromatic carbocycles. The minimum absolute atomic E-state index is 0.0550. The van der Waals surface area contributed by atoms with Crippen molar-refractivity contribution in [2.24, 2.45) is 0 Å². The number of amides is 4. The summed E-state index contributed by atoms with van der Waals surface area (Å²) < 4.78 is 0. The molecule has 0 aliphatic carbocycles. The summed E-state index contributed by atoms with van der Waals surface area (Å²) in [5.41, 5.74) is 1.85. The number of hydrogen-bond acceptors (Lipinski definition) is 4. The highest BCUT2D eigenvalue weighted by molar-refractivity contribution is 6.30. The lowest BCUT2D eigenvalue weighted by Crippen LogP contribution is -2.56. The number of hydrogen-bond donors (Lipinski definition) is 0. The van der Waals surface area contributed by atoms with Crippen LogP contribution in [0.4, 0.5) is 10.5 Å². The standard InChI is InChI=1S/C21H29N3O3/c1-5-7-13-23-19(25)18(20(26)24(21(23)27)14-8-6-2)15-16-9-11-17(12-10-16)22(3)4/h9-12,15H,5-8,13-14H2,1-4H3. The zero-order valence-electron chi connectivity index (χ0n) is 16.7. The van der Waals surface area contributed by atoms with Crippen molar-refractivity contribution in [1.82, 2.24) is 9.80 Å². The number of benzene rings is 1. The van der Waals surface area contributed by atoms with Crippen molar-refractivity contribution in [2.75, 3.05) is 32.1 Å². The van der Waals surface area contributed by atoms with Crippen LogP contribution >= 0.6 is 0 Å². The van der Waals surface area contributed by atoms with Crippen molar-refractivity contribution in [1.29, 1.82) is 0 Å². The van der Waals surface area contributed by atoms with Gasteiger partial charge in [-0.05, 0) is 36.6 Å². The number of imide groups is 2. The Balaban J connectivity index is 2.36. The molecule has 1 aromatic rings. The van der Waals surface area contributed by atoms with Crippen LogP contribution in [-0.4, -0.2) is 54.8 Å². The van der Waals surface area contributed by atoms with Crippen molar-refractivity contribution < 1.29 is 14.4 Å². The normalized spacial score (nSPS) is 14.8. The third kappa shape index (κ3) is 4.76. The summed E-state index contributed by atoms with van der Waals surface area (Å²) in [5, 5.41) is 0. The fraction of sp³-hybridized carbons (Fsp3) is 0.476. The molecular weight excluding hydrogens is 342 g/mol. The fourth-order valence-corrected chi connectivity index (χ4v) is 2.89. The van der Waals surface area contributed by atoms with Crippen LogP contribution in [0.2, 0.25) is 0 Å². The Morgan fingerprint density at radius 1 is 0.852 bits per heavy atom. The second-order valence-corrected chi connectivity index (χ2v) is 6.95. The van der Waals surface area contributed by atoms with Crippen molar-refractivity contribution in [2.45, 2.75) is 39.5 Å². The van der Waals surface area contributed by atoms with E-state index in [2.05, 4.69) is 0 Å². The predicted molar refractivity (Wildman–Crippen MR) is 107 cm³/mol. The molecule has 1 fully saturated rings. The van der Waals surface area contributed by atoms with Crippen LogP contribution in [0.5, 0.6) is 0 Å². The first-order valence-electron chi connectivity index (χ1n) is 9.57. The summed E-state index contributed by atoms with van der Waals surface area (Å²) in [5.74, 6) is -0.995. The Bertz CT molecular complexity index is 691. The summed E-state index contributed by atoms with van der Waals surface area (Å²) in [7, 11) is 3.90. The maximum atomic E-state index is 12.8. The van der Waals surface area contributed by atoms with Gasteiger partial charge in [0.15, 0.2) is 0 Å². The average molecular weight is 371 g/mol. The minimum Gasteiger partial charge on any atom is -0.378 e. The Kier molecular flexibility index (Phi) is 7.16. The lowest BCUT2D eigenvalue weighted by molar-refractivity contribution is -0.135. The molecule has 1 heterocycles. The zero-order chi connectivity index (χ0) is 20.0. The molecule has 146 valence electrons. The van der Waals surface area contributed by atoms with E-state index in [1.807, 2.05) is 57.1 Å². The number of urea groups is 1. The van der Waals surface area contributed by atoms with Gasteiger partial charge in [-0.25, -0.2) is 4.79 Å². The molecule has 0 radical (unpaired) electrons. The highest BCUT2D eigenvalue weighted by Gasteiger charge is 2.41. The third-order valence-electron chi connectivity index (χ3n) is 4.60. The highest BCUT2D eigenvalue weighted by Crippen LogP contribution is 2.22. The number of carbonyl (C=O) groups is 3. The lowest BCUT2D eigenvalue weighted by atomic mass is 10.1. The molecule has 27 heavy (non-hydrogen) atoms. The number of anilines is 1. The monoisotopic (exact) mass is 371 g/mol. The van der Waals surface area contributed by atoms with Gasteiger partial charge in [-0.3, -0.25) is 19.4 Å². The number of rotatable bonds is 8. The van der Waals surface area contributed by atoms with Gasteiger partial charge in [-0.2, -0.15) is 0 Å². The van der Waals surface area contributed by atoms with E-state index in [0.29, 0.717) is 13.1 Å². The molecule has 1 saturated heterocycles. The van der Waals surface area contributed by atoms with Crippen molar-refractivity contribution in [3.8, 4) is 0 Å². The Morgan fingerprint density at radius 3 is 1.74 bits per heavy atom.